The van der Waals surface area contributed by atoms with E-state index in [0.717, 1.165) is 30.8 Å². The van der Waals surface area contributed by atoms with Crippen LogP contribution in [0, 0.1) is 12.7 Å². The zero-order chi connectivity index (χ0) is 14.0. The van der Waals surface area contributed by atoms with Crippen LogP contribution in [0.25, 0.3) is 0 Å². The minimum absolute atomic E-state index is 0.173. The second-order valence-corrected chi connectivity index (χ2v) is 5.30. The summed E-state index contributed by atoms with van der Waals surface area (Å²) in [6.45, 7) is 8.21. The average molecular weight is 266 g/mol. The normalized spacial score (nSPS) is 21.5. The molecule has 1 fully saturated rings. The second kappa shape index (κ2) is 5.88. The van der Waals surface area contributed by atoms with Crippen molar-refractivity contribution in [2.45, 2.75) is 39.3 Å². The maximum Gasteiger partial charge on any atom is 0.126 e. The van der Waals surface area contributed by atoms with Gasteiger partial charge in [0.05, 0.1) is 12.7 Å². The van der Waals surface area contributed by atoms with Crippen LogP contribution in [0.2, 0.25) is 0 Å². The lowest BCUT2D eigenvalue weighted by Crippen LogP contribution is -2.42. The van der Waals surface area contributed by atoms with Crippen molar-refractivity contribution in [2.24, 2.45) is 5.73 Å². The lowest BCUT2D eigenvalue weighted by Gasteiger charge is -2.36. The van der Waals surface area contributed by atoms with Crippen molar-refractivity contribution in [1.29, 1.82) is 0 Å². The first-order valence-electron chi connectivity index (χ1n) is 6.95. The number of nitrogens with zero attached hydrogens (tertiary/aromatic N) is 1. The molecule has 4 heteroatoms. The maximum atomic E-state index is 13.7. The summed E-state index contributed by atoms with van der Waals surface area (Å²) >= 11 is 0. The summed E-state index contributed by atoms with van der Waals surface area (Å²) in [6, 6.07) is 3.31. The van der Waals surface area contributed by atoms with Gasteiger partial charge in [-0.2, -0.15) is 0 Å². The molecular formula is C15H23FN2O. The van der Waals surface area contributed by atoms with E-state index in [2.05, 4.69) is 11.8 Å². The Labute approximate surface area is 114 Å². The standard InChI is InChI=1S/C15H23FN2O/c1-4-12-9-18(5-6-19-12)15-7-10(2)14(16)8-13(15)11(3)17/h7-8,11-12H,4-6,9,17H2,1-3H3/t11-,12?/m0/s1. The molecule has 1 aliphatic heterocycles. The van der Waals surface area contributed by atoms with Gasteiger partial charge in [0, 0.05) is 24.8 Å². The Bertz CT molecular complexity index is 448. The SMILES string of the molecule is CCC1CN(c2cc(C)c(F)cc2[C@H](C)N)CCO1. The van der Waals surface area contributed by atoms with Gasteiger partial charge in [0.2, 0.25) is 0 Å². The molecule has 0 aliphatic carbocycles. The van der Waals surface area contributed by atoms with Crippen LogP contribution >= 0.6 is 0 Å². The van der Waals surface area contributed by atoms with E-state index < -0.39 is 0 Å². The third kappa shape index (κ3) is 3.07. The molecule has 106 valence electrons. The van der Waals surface area contributed by atoms with Crippen molar-refractivity contribution in [3.05, 3.63) is 29.1 Å². The summed E-state index contributed by atoms with van der Waals surface area (Å²) in [6.07, 6.45) is 1.24. The Morgan fingerprint density at radius 2 is 2.26 bits per heavy atom. The van der Waals surface area contributed by atoms with Gasteiger partial charge in [0.25, 0.3) is 0 Å². The van der Waals surface area contributed by atoms with Gasteiger partial charge in [-0.05, 0) is 43.5 Å². The lowest BCUT2D eigenvalue weighted by atomic mass is 10.0. The summed E-state index contributed by atoms with van der Waals surface area (Å²) in [5.41, 5.74) is 8.57. The highest BCUT2D eigenvalue weighted by molar-refractivity contribution is 5.57. The molecule has 2 N–H and O–H groups in total. The predicted molar refractivity (Wildman–Crippen MR) is 76.0 cm³/mol. The monoisotopic (exact) mass is 266 g/mol. The zero-order valence-electron chi connectivity index (χ0n) is 11.9. The molecule has 1 unspecified atom stereocenters. The quantitative estimate of drug-likeness (QED) is 0.914. The van der Waals surface area contributed by atoms with Gasteiger partial charge in [-0.3, -0.25) is 0 Å². The van der Waals surface area contributed by atoms with E-state index in [1.54, 1.807) is 13.0 Å². The van der Waals surface area contributed by atoms with Gasteiger partial charge in [-0.1, -0.05) is 6.92 Å². The summed E-state index contributed by atoms with van der Waals surface area (Å²) in [4.78, 5) is 2.27. The Morgan fingerprint density at radius 3 is 2.89 bits per heavy atom. The van der Waals surface area contributed by atoms with Crippen LogP contribution < -0.4 is 10.6 Å². The highest BCUT2D eigenvalue weighted by Gasteiger charge is 2.23. The van der Waals surface area contributed by atoms with Gasteiger partial charge < -0.3 is 15.4 Å². The molecule has 1 aromatic carbocycles. The minimum atomic E-state index is -0.184. The van der Waals surface area contributed by atoms with Crippen LogP contribution in [0.4, 0.5) is 10.1 Å². The third-order valence-electron chi connectivity index (χ3n) is 3.73. The van der Waals surface area contributed by atoms with Crippen LogP contribution in [0.1, 0.15) is 37.4 Å². The van der Waals surface area contributed by atoms with Gasteiger partial charge in [0.15, 0.2) is 0 Å². The van der Waals surface area contributed by atoms with Crippen molar-refractivity contribution in [3.8, 4) is 0 Å². The largest absolute Gasteiger partial charge is 0.375 e. The average Bonchev–Trinajstić information content (AvgIpc) is 2.41. The first kappa shape index (κ1) is 14.3. The molecule has 1 heterocycles. The zero-order valence-corrected chi connectivity index (χ0v) is 11.9. The third-order valence-corrected chi connectivity index (χ3v) is 3.73. The number of ether oxygens (including phenoxy) is 1. The van der Waals surface area contributed by atoms with Gasteiger partial charge in [-0.25, -0.2) is 4.39 Å². The summed E-state index contributed by atoms with van der Waals surface area (Å²) < 4.78 is 19.4. The van der Waals surface area contributed by atoms with Crippen LogP contribution in [-0.2, 0) is 4.74 Å². The van der Waals surface area contributed by atoms with Crippen molar-refractivity contribution in [2.75, 3.05) is 24.6 Å². The van der Waals surface area contributed by atoms with Gasteiger partial charge >= 0.3 is 0 Å². The van der Waals surface area contributed by atoms with Gasteiger partial charge in [-0.15, -0.1) is 0 Å². The maximum absolute atomic E-state index is 13.7. The Balaban J connectivity index is 2.34. The molecule has 0 spiro atoms. The number of nitrogens with two attached hydrogens (primary N) is 1. The van der Waals surface area contributed by atoms with E-state index in [0.29, 0.717) is 12.2 Å². The fourth-order valence-electron chi connectivity index (χ4n) is 2.51. The molecule has 2 rings (SSSR count). The summed E-state index contributed by atoms with van der Waals surface area (Å²) in [5.74, 6) is -0.184. The Kier molecular flexibility index (Phi) is 4.42. The van der Waals surface area contributed by atoms with Crippen LogP contribution in [-0.4, -0.2) is 25.8 Å². The minimum Gasteiger partial charge on any atom is -0.375 e. The molecule has 2 atom stereocenters. The number of benzene rings is 1. The Hall–Kier alpha value is -1.13. The predicted octanol–water partition coefficient (Wildman–Crippen LogP) is 2.77. The number of anilines is 1. The fourth-order valence-corrected chi connectivity index (χ4v) is 2.51. The second-order valence-electron chi connectivity index (χ2n) is 5.30. The van der Waals surface area contributed by atoms with E-state index >= 15 is 0 Å². The van der Waals surface area contributed by atoms with E-state index in [4.69, 9.17) is 10.5 Å². The smallest absolute Gasteiger partial charge is 0.126 e. The van der Waals surface area contributed by atoms with Crippen molar-refractivity contribution < 1.29 is 9.13 Å². The topological polar surface area (TPSA) is 38.5 Å². The molecular weight excluding hydrogens is 243 g/mol. The number of morpholine rings is 1. The summed E-state index contributed by atoms with van der Waals surface area (Å²) in [5, 5.41) is 0. The van der Waals surface area contributed by atoms with Crippen molar-refractivity contribution >= 4 is 5.69 Å². The number of aryl methyl sites for hydroxylation is 1. The van der Waals surface area contributed by atoms with Gasteiger partial charge in [0.1, 0.15) is 5.82 Å². The molecule has 0 bridgehead atoms. The van der Waals surface area contributed by atoms with E-state index in [1.807, 2.05) is 13.0 Å². The van der Waals surface area contributed by atoms with E-state index in [1.165, 1.54) is 0 Å². The van der Waals surface area contributed by atoms with Crippen molar-refractivity contribution in [3.63, 3.8) is 0 Å². The molecule has 1 aliphatic rings. The number of rotatable bonds is 3. The first-order chi connectivity index (χ1) is 9.02. The molecule has 0 aromatic heterocycles. The molecule has 19 heavy (non-hydrogen) atoms. The lowest BCUT2D eigenvalue weighted by molar-refractivity contribution is 0.0383. The number of halogens is 1. The highest BCUT2D eigenvalue weighted by atomic mass is 19.1. The molecule has 0 amide bonds. The molecule has 3 nitrogen and oxygen atoms in total. The van der Waals surface area contributed by atoms with Crippen LogP contribution in [0.5, 0.6) is 0 Å². The summed E-state index contributed by atoms with van der Waals surface area (Å²) in [7, 11) is 0. The van der Waals surface area contributed by atoms with E-state index in [9.17, 15) is 4.39 Å². The van der Waals surface area contributed by atoms with Crippen LogP contribution in [0.15, 0.2) is 12.1 Å². The fraction of sp³-hybridized carbons (Fsp3) is 0.600. The number of hydrogen-bond donors (Lipinski definition) is 1. The molecule has 0 saturated carbocycles. The van der Waals surface area contributed by atoms with Crippen LogP contribution in [0.3, 0.4) is 0 Å². The highest BCUT2D eigenvalue weighted by Crippen LogP contribution is 2.30. The molecule has 0 radical (unpaired) electrons. The molecule has 1 saturated heterocycles. The van der Waals surface area contributed by atoms with Crippen molar-refractivity contribution in [1.82, 2.24) is 0 Å². The number of hydrogen-bond acceptors (Lipinski definition) is 3. The van der Waals surface area contributed by atoms with E-state index in [-0.39, 0.29) is 18.0 Å². The first-order valence-corrected chi connectivity index (χ1v) is 6.95. The Morgan fingerprint density at radius 1 is 1.53 bits per heavy atom. The molecule has 1 aromatic rings.